The van der Waals surface area contributed by atoms with E-state index in [9.17, 15) is 9.59 Å². The van der Waals surface area contributed by atoms with Crippen LogP contribution in [0.1, 0.15) is 21.5 Å². The van der Waals surface area contributed by atoms with Gasteiger partial charge in [0.25, 0.3) is 5.91 Å². The molecule has 3 aromatic carbocycles. The smallest absolute Gasteiger partial charge is 0.343 e. The molecule has 0 aromatic heterocycles. The second-order valence-electron chi connectivity index (χ2n) is 6.71. The summed E-state index contributed by atoms with van der Waals surface area (Å²) in [6, 6.07) is 18.7. The van der Waals surface area contributed by atoms with Crippen molar-refractivity contribution in [1.82, 2.24) is 5.43 Å². The molecule has 0 heterocycles. The van der Waals surface area contributed by atoms with E-state index in [4.69, 9.17) is 25.8 Å². The minimum Gasteiger partial charge on any atom is -0.493 e. The van der Waals surface area contributed by atoms with E-state index in [0.29, 0.717) is 27.6 Å². The molecule has 1 N–H and O–H groups in total. The molecule has 0 saturated heterocycles. The number of esters is 1. The number of carbonyl (C=O) groups excluding carboxylic acids is 2. The van der Waals surface area contributed by atoms with E-state index >= 15 is 0 Å². The largest absolute Gasteiger partial charge is 0.493 e. The van der Waals surface area contributed by atoms with E-state index in [1.165, 1.54) is 13.3 Å². The summed E-state index contributed by atoms with van der Waals surface area (Å²) < 4.78 is 16.1. The minimum atomic E-state index is -0.489. The average Bonchev–Trinajstić information content (AvgIpc) is 2.79. The van der Waals surface area contributed by atoms with Crippen LogP contribution in [0.5, 0.6) is 17.2 Å². The molecular formula is C24H21ClN2O5. The summed E-state index contributed by atoms with van der Waals surface area (Å²) in [6.45, 7) is 1.72. The third-order valence-corrected chi connectivity index (χ3v) is 4.48. The Morgan fingerprint density at radius 2 is 1.81 bits per heavy atom. The number of aryl methyl sites for hydroxylation is 1. The summed E-state index contributed by atoms with van der Waals surface area (Å²) in [7, 11) is 1.47. The van der Waals surface area contributed by atoms with Crippen LogP contribution >= 0.6 is 11.6 Å². The fraction of sp³-hybridized carbons (Fsp3) is 0.125. The first-order valence-corrected chi connectivity index (χ1v) is 9.99. The van der Waals surface area contributed by atoms with Gasteiger partial charge in [0.1, 0.15) is 5.75 Å². The van der Waals surface area contributed by atoms with E-state index in [0.717, 1.165) is 5.56 Å². The van der Waals surface area contributed by atoms with Gasteiger partial charge >= 0.3 is 5.97 Å². The molecule has 1 amide bonds. The second kappa shape index (κ2) is 11.0. The molecule has 0 radical (unpaired) electrons. The van der Waals surface area contributed by atoms with Gasteiger partial charge in [-0.1, -0.05) is 35.4 Å². The molecule has 7 nitrogen and oxygen atoms in total. The number of benzene rings is 3. The Balaban J connectivity index is 1.56. The zero-order chi connectivity index (χ0) is 22.9. The number of ether oxygens (including phenoxy) is 3. The number of rotatable bonds is 8. The van der Waals surface area contributed by atoms with Gasteiger partial charge in [0.15, 0.2) is 18.1 Å². The number of hydrogen-bond donors (Lipinski definition) is 1. The first-order valence-electron chi connectivity index (χ1n) is 9.62. The predicted molar refractivity (Wildman–Crippen MR) is 122 cm³/mol. The van der Waals surface area contributed by atoms with Gasteiger partial charge in [-0.15, -0.1) is 0 Å². The Morgan fingerprint density at radius 1 is 1.03 bits per heavy atom. The SMILES string of the molecule is COc1cc(/C=N\NC(=O)COc2cccc(Cl)c2)ccc1OC(=O)c1ccc(C)cc1. The van der Waals surface area contributed by atoms with Crippen molar-refractivity contribution in [2.24, 2.45) is 5.10 Å². The van der Waals surface area contributed by atoms with Crippen molar-refractivity contribution >= 4 is 29.7 Å². The van der Waals surface area contributed by atoms with Crippen LogP contribution in [0, 0.1) is 6.92 Å². The first kappa shape index (κ1) is 22.8. The number of methoxy groups -OCH3 is 1. The second-order valence-corrected chi connectivity index (χ2v) is 7.14. The number of hydrazone groups is 1. The Morgan fingerprint density at radius 3 is 2.53 bits per heavy atom. The van der Waals surface area contributed by atoms with Crippen LogP contribution in [-0.4, -0.2) is 31.8 Å². The molecule has 0 atom stereocenters. The van der Waals surface area contributed by atoms with Crippen LogP contribution in [0.3, 0.4) is 0 Å². The van der Waals surface area contributed by atoms with Gasteiger partial charge in [-0.25, -0.2) is 10.2 Å². The molecule has 32 heavy (non-hydrogen) atoms. The first-order chi connectivity index (χ1) is 15.4. The Bertz CT molecular complexity index is 1130. The summed E-state index contributed by atoms with van der Waals surface area (Å²) in [5, 5.41) is 4.42. The van der Waals surface area contributed by atoms with Gasteiger partial charge in [0.2, 0.25) is 0 Å². The van der Waals surface area contributed by atoms with Gasteiger partial charge < -0.3 is 14.2 Å². The number of carbonyl (C=O) groups is 2. The van der Waals surface area contributed by atoms with E-state index < -0.39 is 11.9 Å². The zero-order valence-corrected chi connectivity index (χ0v) is 18.3. The van der Waals surface area contributed by atoms with Crippen LogP contribution in [0.4, 0.5) is 0 Å². The molecule has 0 fully saturated rings. The highest BCUT2D eigenvalue weighted by Crippen LogP contribution is 2.28. The maximum atomic E-state index is 12.3. The lowest BCUT2D eigenvalue weighted by Gasteiger charge is -2.10. The lowest BCUT2D eigenvalue weighted by molar-refractivity contribution is -0.123. The molecule has 0 aliphatic carbocycles. The Hall–Kier alpha value is -3.84. The molecule has 8 heteroatoms. The van der Waals surface area contributed by atoms with Gasteiger partial charge in [0.05, 0.1) is 18.9 Å². The van der Waals surface area contributed by atoms with E-state index in [-0.39, 0.29) is 12.4 Å². The van der Waals surface area contributed by atoms with Crippen molar-refractivity contribution in [2.75, 3.05) is 13.7 Å². The quantitative estimate of drug-likeness (QED) is 0.237. The van der Waals surface area contributed by atoms with Gasteiger partial charge in [-0.05, 0) is 61.0 Å². The van der Waals surface area contributed by atoms with Gasteiger partial charge in [-0.2, -0.15) is 5.10 Å². The number of amides is 1. The van der Waals surface area contributed by atoms with Crippen molar-refractivity contribution in [3.63, 3.8) is 0 Å². The molecule has 0 spiro atoms. The molecule has 0 aliphatic heterocycles. The van der Waals surface area contributed by atoms with Crippen LogP contribution in [0.25, 0.3) is 0 Å². The summed E-state index contributed by atoms with van der Waals surface area (Å²) in [4.78, 5) is 24.2. The number of hydrogen-bond acceptors (Lipinski definition) is 6. The molecule has 3 rings (SSSR count). The average molecular weight is 453 g/mol. The van der Waals surface area contributed by atoms with E-state index in [1.807, 2.05) is 19.1 Å². The maximum Gasteiger partial charge on any atom is 0.343 e. The van der Waals surface area contributed by atoms with Crippen molar-refractivity contribution in [3.8, 4) is 17.2 Å². The van der Waals surface area contributed by atoms with Crippen molar-refractivity contribution < 1.29 is 23.8 Å². The van der Waals surface area contributed by atoms with Gasteiger partial charge in [0, 0.05) is 5.02 Å². The Labute approximate surface area is 190 Å². The van der Waals surface area contributed by atoms with Crippen LogP contribution in [0.15, 0.2) is 71.8 Å². The summed E-state index contributed by atoms with van der Waals surface area (Å²) in [6.07, 6.45) is 1.44. The zero-order valence-electron chi connectivity index (χ0n) is 17.5. The lowest BCUT2D eigenvalue weighted by Crippen LogP contribution is -2.24. The number of nitrogens with zero attached hydrogens (tertiary/aromatic N) is 1. The molecule has 0 aliphatic rings. The highest BCUT2D eigenvalue weighted by molar-refractivity contribution is 6.30. The Kier molecular flexibility index (Phi) is 7.83. The highest BCUT2D eigenvalue weighted by atomic mass is 35.5. The van der Waals surface area contributed by atoms with E-state index in [1.54, 1.807) is 54.6 Å². The van der Waals surface area contributed by atoms with E-state index in [2.05, 4.69) is 10.5 Å². The summed E-state index contributed by atoms with van der Waals surface area (Å²) in [5.41, 5.74) is 4.49. The van der Waals surface area contributed by atoms with Crippen LogP contribution < -0.4 is 19.6 Å². The maximum absolute atomic E-state index is 12.3. The third kappa shape index (κ3) is 6.58. The topological polar surface area (TPSA) is 86.2 Å². The number of nitrogens with one attached hydrogen (secondary N) is 1. The van der Waals surface area contributed by atoms with Crippen molar-refractivity contribution in [2.45, 2.75) is 6.92 Å². The fourth-order valence-corrected chi connectivity index (χ4v) is 2.79. The molecule has 0 bridgehead atoms. The highest BCUT2D eigenvalue weighted by Gasteiger charge is 2.12. The fourth-order valence-electron chi connectivity index (χ4n) is 2.61. The van der Waals surface area contributed by atoms with Crippen molar-refractivity contribution in [3.05, 3.63) is 88.4 Å². The minimum absolute atomic E-state index is 0.213. The van der Waals surface area contributed by atoms with Crippen LogP contribution in [-0.2, 0) is 4.79 Å². The summed E-state index contributed by atoms with van der Waals surface area (Å²) in [5.74, 6) is 0.185. The lowest BCUT2D eigenvalue weighted by atomic mass is 10.1. The third-order valence-electron chi connectivity index (χ3n) is 4.25. The molecule has 0 saturated carbocycles. The normalized spacial score (nSPS) is 10.6. The molecule has 3 aromatic rings. The summed E-state index contributed by atoms with van der Waals surface area (Å²) >= 11 is 5.87. The monoisotopic (exact) mass is 452 g/mol. The molecule has 0 unspecified atom stereocenters. The predicted octanol–water partition coefficient (Wildman–Crippen LogP) is 4.41. The molecule has 164 valence electrons. The van der Waals surface area contributed by atoms with Crippen LogP contribution in [0.2, 0.25) is 5.02 Å². The number of halogens is 1. The standard InChI is InChI=1S/C24H21ClN2O5/c1-16-6-9-18(10-7-16)24(29)32-21-11-8-17(12-22(21)30-2)14-26-27-23(28)15-31-20-5-3-4-19(25)13-20/h3-14H,15H2,1-2H3,(H,27,28)/b26-14-. The van der Waals surface area contributed by atoms with Crippen molar-refractivity contribution in [1.29, 1.82) is 0 Å². The van der Waals surface area contributed by atoms with Gasteiger partial charge in [-0.3, -0.25) is 4.79 Å². The molecular weight excluding hydrogens is 432 g/mol.